The molecule has 1 aromatic heterocycles. The first kappa shape index (κ1) is 19.8. The van der Waals surface area contributed by atoms with Gasteiger partial charge in [-0.15, -0.1) is 0 Å². The van der Waals surface area contributed by atoms with Crippen LogP contribution in [0.25, 0.3) is 21.9 Å². The van der Waals surface area contributed by atoms with E-state index in [0.29, 0.717) is 5.02 Å². The summed E-state index contributed by atoms with van der Waals surface area (Å²) in [5.41, 5.74) is 4.77. The maximum atomic E-state index is 13.4. The van der Waals surface area contributed by atoms with Gasteiger partial charge >= 0.3 is 0 Å². The molecule has 5 rings (SSSR count). The number of nitrogens with zero attached hydrogens (tertiary/aromatic N) is 1. The first-order chi connectivity index (χ1) is 15.0. The highest BCUT2D eigenvalue weighted by Gasteiger charge is 2.45. The molecule has 0 saturated heterocycles. The van der Waals surface area contributed by atoms with Crippen molar-refractivity contribution in [1.29, 1.82) is 0 Å². The first-order valence-electron chi connectivity index (χ1n) is 10.6. The number of hydrogen-bond acceptors (Lipinski definition) is 2. The van der Waals surface area contributed by atoms with E-state index in [1.165, 1.54) is 0 Å². The Hall–Kier alpha value is -3.17. The minimum Gasteiger partial charge on any atom is -0.325 e. The molecule has 1 aliphatic carbocycles. The van der Waals surface area contributed by atoms with Crippen LogP contribution in [-0.4, -0.2) is 10.9 Å². The van der Waals surface area contributed by atoms with Gasteiger partial charge in [-0.2, -0.15) is 0 Å². The smallest absolute Gasteiger partial charge is 0.235 e. The molecule has 0 spiro atoms. The van der Waals surface area contributed by atoms with Gasteiger partial charge in [-0.3, -0.25) is 9.78 Å². The third-order valence-electron chi connectivity index (χ3n) is 6.49. The van der Waals surface area contributed by atoms with Gasteiger partial charge in [0.1, 0.15) is 0 Å². The van der Waals surface area contributed by atoms with Gasteiger partial charge in [0.2, 0.25) is 5.91 Å². The van der Waals surface area contributed by atoms with E-state index in [-0.39, 0.29) is 5.91 Å². The summed E-state index contributed by atoms with van der Waals surface area (Å²) in [6, 6.07) is 22.2. The second kappa shape index (κ2) is 7.82. The monoisotopic (exact) mass is 426 g/mol. The van der Waals surface area contributed by atoms with E-state index >= 15 is 0 Å². The number of aryl methyl sites for hydroxylation is 1. The Labute approximate surface area is 187 Å². The highest BCUT2D eigenvalue weighted by atomic mass is 35.5. The van der Waals surface area contributed by atoms with Crippen molar-refractivity contribution in [2.75, 3.05) is 5.32 Å². The van der Waals surface area contributed by atoms with Crippen LogP contribution >= 0.6 is 11.6 Å². The maximum Gasteiger partial charge on any atom is 0.235 e. The van der Waals surface area contributed by atoms with Crippen molar-refractivity contribution in [3.05, 3.63) is 95.3 Å². The number of aromatic nitrogens is 1. The van der Waals surface area contributed by atoms with E-state index in [1.54, 1.807) is 6.20 Å². The summed E-state index contributed by atoms with van der Waals surface area (Å²) in [5.74, 6) is 0.0542. The van der Waals surface area contributed by atoms with Crippen LogP contribution in [0, 0.1) is 6.92 Å². The number of anilines is 1. The fraction of sp³-hybridized carbons (Fsp3) is 0.185. The summed E-state index contributed by atoms with van der Waals surface area (Å²) in [6.45, 7) is 2.09. The van der Waals surface area contributed by atoms with Gasteiger partial charge in [-0.1, -0.05) is 48.4 Å². The van der Waals surface area contributed by atoms with Crippen molar-refractivity contribution in [3.8, 4) is 11.1 Å². The van der Waals surface area contributed by atoms with Gasteiger partial charge in [0, 0.05) is 28.5 Å². The number of halogens is 1. The van der Waals surface area contributed by atoms with E-state index in [2.05, 4.69) is 47.6 Å². The van der Waals surface area contributed by atoms with Crippen LogP contribution in [0.15, 0.2) is 79.1 Å². The summed E-state index contributed by atoms with van der Waals surface area (Å²) in [4.78, 5) is 17.6. The molecule has 4 aromatic rings. The number of carbonyl (C=O) groups excluding carboxylic acids is 1. The zero-order valence-electron chi connectivity index (χ0n) is 17.4. The van der Waals surface area contributed by atoms with E-state index in [1.807, 2.05) is 42.6 Å². The van der Waals surface area contributed by atoms with Gasteiger partial charge in [0.15, 0.2) is 0 Å². The Balaban J connectivity index is 1.46. The molecule has 1 N–H and O–H groups in total. The number of fused-ring (bicyclic) bond motifs is 1. The summed E-state index contributed by atoms with van der Waals surface area (Å²) in [5, 5.41) is 6.14. The molecule has 1 saturated carbocycles. The Bertz CT molecular complexity index is 1280. The van der Waals surface area contributed by atoms with Crippen LogP contribution in [0.5, 0.6) is 0 Å². The summed E-state index contributed by atoms with van der Waals surface area (Å²) >= 11 is 6.05. The molecule has 4 heteroatoms. The highest BCUT2D eigenvalue weighted by Crippen LogP contribution is 2.45. The fourth-order valence-electron chi connectivity index (χ4n) is 4.46. The van der Waals surface area contributed by atoms with Crippen molar-refractivity contribution < 1.29 is 4.79 Å². The van der Waals surface area contributed by atoms with E-state index < -0.39 is 5.41 Å². The number of rotatable bonds is 4. The lowest BCUT2D eigenvalue weighted by molar-refractivity contribution is -0.124. The van der Waals surface area contributed by atoms with Gasteiger partial charge < -0.3 is 5.32 Å². The number of nitrogens with one attached hydrogen (secondary N) is 1. The average molecular weight is 427 g/mol. The standard InChI is InChI=1S/C27H23ClN2O/c1-18-3-10-24(16-25(18)20-5-4-19-11-14-29-17-21(19)15-20)30-26(31)27(12-2-13-27)22-6-8-23(28)9-7-22/h3-11,14-17H,2,12-13H2,1H3,(H,30,31). The maximum absolute atomic E-state index is 13.4. The van der Waals surface area contributed by atoms with Crippen molar-refractivity contribution in [2.24, 2.45) is 0 Å². The molecule has 0 bridgehead atoms. The lowest BCUT2D eigenvalue weighted by Gasteiger charge is -2.40. The largest absolute Gasteiger partial charge is 0.325 e. The van der Waals surface area contributed by atoms with E-state index in [4.69, 9.17) is 11.6 Å². The molecule has 0 unspecified atom stereocenters. The highest BCUT2D eigenvalue weighted by molar-refractivity contribution is 6.30. The predicted octanol–water partition coefficient (Wildman–Crippen LogP) is 6.92. The van der Waals surface area contributed by atoms with Crippen LogP contribution in [0.2, 0.25) is 5.02 Å². The normalized spacial score (nSPS) is 14.8. The number of carbonyl (C=O) groups is 1. The Kier molecular flexibility index (Phi) is 4.99. The minimum atomic E-state index is -0.468. The molecule has 1 fully saturated rings. The zero-order valence-corrected chi connectivity index (χ0v) is 18.1. The molecule has 31 heavy (non-hydrogen) atoms. The topological polar surface area (TPSA) is 42.0 Å². The summed E-state index contributed by atoms with van der Waals surface area (Å²) in [6.07, 6.45) is 6.46. The van der Waals surface area contributed by atoms with E-state index in [0.717, 1.165) is 58.0 Å². The third-order valence-corrected chi connectivity index (χ3v) is 6.74. The lowest BCUT2D eigenvalue weighted by Crippen LogP contribution is -2.46. The molecule has 0 radical (unpaired) electrons. The van der Waals surface area contributed by atoms with Crippen LogP contribution in [0.4, 0.5) is 5.69 Å². The van der Waals surface area contributed by atoms with Gasteiger partial charge in [-0.05, 0) is 83.8 Å². The summed E-state index contributed by atoms with van der Waals surface area (Å²) < 4.78 is 0. The number of pyridine rings is 1. The predicted molar refractivity (Wildman–Crippen MR) is 128 cm³/mol. The molecule has 3 nitrogen and oxygen atoms in total. The third kappa shape index (κ3) is 3.60. The molecule has 0 atom stereocenters. The van der Waals surface area contributed by atoms with Gasteiger partial charge in [0.25, 0.3) is 0 Å². The fourth-order valence-corrected chi connectivity index (χ4v) is 4.59. The zero-order chi connectivity index (χ0) is 21.4. The van der Waals surface area contributed by atoms with Crippen molar-refractivity contribution >= 4 is 34.0 Å². The summed E-state index contributed by atoms with van der Waals surface area (Å²) in [7, 11) is 0. The molecule has 1 amide bonds. The number of benzene rings is 3. The first-order valence-corrected chi connectivity index (χ1v) is 11.0. The molecular weight excluding hydrogens is 404 g/mol. The molecule has 1 heterocycles. The quantitative estimate of drug-likeness (QED) is 0.384. The van der Waals surface area contributed by atoms with Crippen LogP contribution in [0.1, 0.15) is 30.4 Å². The number of hydrogen-bond donors (Lipinski definition) is 1. The van der Waals surface area contributed by atoms with Crippen molar-refractivity contribution in [3.63, 3.8) is 0 Å². The molecule has 1 aliphatic rings. The average Bonchev–Trinajstić information content (AvgIpc) is 2.75. The van der Waals surface area contributed by atoms with Gasteiger partial charge in [-0.25, -0.2) is 0 Å². The van der Waals surface area contributed by atoms with Crippen LogP contribution < -0.4 is 5.32 Å². The lowest BCUT2D eigenvalue weighted by atomic mass is 9.64. The van der Waals surface area contributed by atoms with E-state index in [9.17, 15) is 4.79 Å². The number of amides is 1. The minimum absolute atomic E-state index is 0.0542. The molecular formula is C27H23ClN2O. The Morgan fingerprint density at radius 3 is 2.52 bits per heavy atom. The Morgan fingerprint density at radius 2 is 1.77 bits per heavy atom. The van der Waals surface area contributed by atoms with Crippen LogP contribution in [0.3, 0.4) is 0 Å². The molecule has 154 valence electrons. The SMILES string of the molecule is Cc1ccc(NC(=O)C2(c3ccc(Cl)cc3)CCC2)cc1-c1ccc2ccncc2c1. The van der Waals surface area contributed by atoms with Crippen LogP contribution in [-0.2, 0) is 10.2 Å². The molecule has 0 aliphatic heterocycles. The van der Waals surface area contributed by atoms with Gasteiger partial charge in [0.05, 0.1) is 5.41 Å². The second-order valence-electron chi connectivity index (χ2n) is 8.36. The Morgan fingerprint density at radius 1 is 0.968 bits per heavy atom. The van der Waals surface area contributed by atoms with Crippen molar-refractivity contribution in [1.82, 2.24) is 4.98 Å². The second-order valence-corrected chi connectivity index (χ2v) is 8.80. The molecule has 3 aromatic carbocycles. The van der Waals surface area contributed by atoms with Crippen molar-refractivity contribution in [2.45, 2.75) is 31.6 Å².